The number of rotatable bonds is 6. The molecule has 1 aromatic carbocycles. The van der Waals surface area contributed by atoms with Gasteiger partial charge in [0.25, 0.3) is 5.91 Å². The minimum Gasteiger partial charge on any atom is -0.495 e. The normalized spacial score (nSPS) is 18.8. The van der Waals surface area contributed by atoms with Crippen LogP contribution >= 0.6 is 24.0 Å². The van der Waals surface area contributed by atoms with E-state index in [1.807, 2.05) is 17.0 Å². The molecule has 33 heavy (non-hydrogen) atoms. The fourth-order valence-corrected chi connectivity index (χ4v) is 4.41. The number of nitrogens with zero attached hydrogens (tertiary/aromatic N) is 4. The van der Waals surface area contributed by atoms with Crippen LogP contribution in [0.2, 0.25) is 0 Å². The first-order valence-electron chi connectivity index (χ1n) is 11.4. The molecular formula is C24H34IN5O3. The molecule has 2 saturated heterocycles. The van der Waals surface area contributed by atoms with E-state index in [0.717, 1.165) is 63.1 Å². The molecule has 1 unspecified atom stereocenters. The maximum absolute atomic E-state index is 12.5. The van der Waals surface area contributed by atoms with Crippen molar-refractivity contribution in [3.05, 3.63) is 48.4 Å². The number of methoxy groups -OCH3 is 1. The van der Waals surface area contributed by atoms with Gasteiger partial charge in [-0.3, -0.25) is 9.79 Å². The topological polar surface area (TPSA) is 73.6 Å². The first-order chi connectivity index (χ1) is 15.7. The van der Waals surface area contributed by atoms with Crippen LogP contribution in [0.4, 0.5) is 5.69 Å². The van der Waals surface area contributed by atoms with E-state index in [1.54, 1.807) is 19.2 Å². The zero-order valence-electron chi connectivity index (χ0n) is 19.4. The van der Waals surface area contributed by atoms with E-state index in [-0.39, 0.29) is 29.9 Å². The van der Waals surface area contributed by atoms with E-state index < -0.39 is 0 Å². The van der Waals surface area contributed by atoms with Gasteiger partial charge in [-0.25, -0.2) is 0 Å². The molecule has 1 atom stereocenters. The molecule has 0 saturated carbocycles. The fourth-order valence-electron chi connectivity index (χ4n) is 4.41. The molecule has 1 amide bonds. The maximum Gasteiger partial charge on any atom is 0.289 e. The third-order valence-electron chi connectivity index (χ3n) is 6.14. The van der Waals surface area contributed by atoms with Crippen molar-refractivity contribution < 1.29 is 13.9 Å². The number of anilines is 1. The zero-order valence-corrected chi connectivity index (χ0v) is 21.7. The number of nitrogens with one attached hydrogen (secondary N) is 1. The van der Waals surface area contributed by atoms with E-state index in [2.05, 4.69) is 34.2 Å². The summed E-state index contributed by atoms with van der Waals surface area (Å²) in [5, 5.41) is 3.43. The number of hydrogen-bond donors (Lipinski definition) is 1. The Labute approximate surface area is 213 Å². The number of halogens is 1. The molecule has 180 valence electrons. The van der Waals surface area contributed by atoms with E-state index in [1.165, 1.54) is 6.26 Å². The summed E-state index contributed by atoms with van der Waals surface area (Å²) in [6.45, 7) is 8.54. The molecular weight excluding hydrogens is 533 g/mol. The Morgan fingerprint density at radius 1 is 1.12 bits per heavy atom. The van der Waals surface area contributed by atoms with Gasteiger partial charge < -0.3 is 29.2 Å². The van der Waals surface area contributed by atoms with Gasteiger partial charge in [0, 0.05) is 52.4 Å². The molecule has 2 aromatic rings. The lowest BCUT2D eigenvalue weighted by Gasteiger charge is -2.36. The number of aliphatic imine (C=N–C) groups is 1. The minimum atomic E-state index is -0.0426. The highest BCUT2D eigenvalue weighted by Crippen LogP contribution is 2.32. The van der Waals surface area contributed by atoms with Gasteiger partial charge in [-0.1, -0.05) is 12.1 Å². The summed E-state index contributed by atoms with van der Waals surface area (Å²) >= 11 is 0. The molecule has 8 nitrogen and oxygen atoms in total. The predicted octanol–water partition coefficient (Wildman–Crippen LogP) is 3.16. The van der Waals surface area contributed by atoms with Crippen LogP contribution in [-0.2, 0) is 0 Å². The van der Waals surface area contributed by atoms with Crippen molar-refractivity contribution in [2.45, 2.75) is 13.3 Å². The third kappa shape index (κ3) is 6.13. The van der Waals surface area contributed by atoms with Crippen LogP contribution in [-0.4, -0.2) is 81.1 Å². The molecule has 3 heterocycles. The number of para-hydroxylation sites is 2. The van der Waals surface area contributed by atoms with E-state index in [9.17, 15) is 4.79 Å². The average Bonchev–Trinajstić information content (AvgIpc) is 3.54. The fraction of sp³-hybridized carbons (Fsp3) is 0.500. The highest BCUT2D eigenvalue weighted by molar-refractivity contribution is 14.0. The average molecular weight is 567 g/mol. The first-order valence-corrected chi connectivity index (χ1v) is 11.4. The maximum atomic E-state index is 12.5. The lowest BCUT2D eigenvalue weighted by molar-refractivity contribution is 0.0657. The van der Waals surface area contributed by atoms with Crippen LogP contribution in [0.15, 0.2) is 52.1 Å². The predicted molar refractivity (Wildman–Crippen MR) is 141 cm³/mol. The molecule has 9 heteroatoms. The molecule has 4 rings (SSSR count). The van der Waals surface area contributed by atoms with Gasteiger partial charge in [0.15, 0.2) is 11.7 Å². The molecule has 0 spiro atoms. The number of piperazine rings is 1. The molecule has 0 aliphatic carbocycles. The largest absolute Gasteiger partial charge is 0.495 e. The molecule has 0 radical (unpaired) electrons. The summed E-state index contributed by atoms with van der Waals surface area (Å²) in [6.07, 6.45) is 2.66. The summed E-state index contributed by atoms with van der Waals surface area (Å²) in [5.41, 5.74) is 1.16. The van der Waals surface area contributed by atoms with Crippen molar-refractivity contribution >= 4 is 41.5 Å². The summed E-state index contributed by atoms with van der Waals surface area (Å²) < 4.78 is 10.8. The summed E-state index contributed by atoms with van der Waals surface area (Å²) in [5.74, 6) is 2.73. The van der Waals surface area contributed by atoms with Crippen LogP contribution in [0, 0.1) is 5.92 Å². The van der Waals surface area contributed by atoms with Crippen molar-refractivity contribution in [3.8, 4) is 5.75 Å². The highest BCUT2D eigenvalue weighted by Gasteiger charge is 2.27. The number of guanidine groups is 1. The van der Waals surface area contributed by atoms with Crippen LogP contribution in [0.5, 0.6) is 5.75 Å². The smallest absolute Gasteiger partial charge is 0.289 e. The Balaban J connectivity index is 0.00000306. The van der Waals surface area contributed by atoms with Crippen molar-refractivity contribution in [1.29, 1.82) is 0 Å². The first kappa shape index (κ1) is 25.2. The van der Waals surface area contributed by atoms with Crippen LogP contribution < -0.4 is 15.0 Å². The van der Waals surface area contributed by atoms with Gasteiger partial charge in [-0.05, 0) is 43.5 Å². The van der Waals surface area contributed by atoms with Crippen molar-refractivity contribution in [2.75, 3.05) is 64.4 Å². The number of furan rings is 1. The summed E-state index contributed by atoms with van der Waals surface area (Å²) in [4.78, 5) is 24.0. The lowest BCUT2D eigenvalue weighted by atomic mass is 10.1. The lowest BCUT2D eigenvalue weighted by Crippen LogP contribution is -2.53. The highest BCUT2D eigenvalue weighted by atomic mass is 127. The van der Waals surface area contributed by atoms with Gasteiger partial charge in [0.2, 0.25) is 0 Å². The monoisotopic (exact) mass is 567 g/mol. The molecule has 2 fully saturated rings. The number of carbonyl (C=O) groups excluding carboxylic acids is 1. The van der Waals surface area contributed by atoms with Gasteiger partial charge in [-0.15, -0.1) is 24.0 Å². The number of benzene rings is 1. The molecule has 2 aliphatic heterocycles. The molecule has 1 aromatic heterocycles. The minimum absolute atomic E-state index is 0. The van der Waals surface area contributed by atoms with Crippen LogP contribution in [0.1, 0.15) is 23.9 Å². The van der Waals surface area contributed by atoms with Crippen molar-refractivity contribution in [1.82, 2.24) is 15.1 Å². The quantitative estimate of drug-likeness (QED) is 0.329. The van der Waals surface area contributed by atoms with E-state index >= 15 is 0 Å². The Hall–Kier alpha value is -2.43. The second kappa shape index (κ2) is 12.2. The summed E-state index contributed by atoms with van der Waals surface area (Å²) in [6, 6.07) is 11.7. The van der Waals surface area contributed by atoms with Crippen molar-refractivity contribution in [3.63, 3.8) is 0 Å². The van der Waals surface area contributed by atoms with E-state index in [4.69, 9.17) is 14.1 Å². The Morgan fingerprint density at radius 2 is 1.88 bits per heavy atom. The third-order valence-corrected chi connectivity index (χ3v) is 6.14. The van der Waals surface area contributed by atoms with Crippen LogP contribution in [0.3, 0.4) is 0 Å². The molecule has 0 bridgehead atoms. The standard InChI is InChI=1S/C24H33N5O3.HI/c1-3-25-24(28-14-12-27(13-15-28)23(30)22-9-6-16-32-22)26-17-19-10-11-29(18-19)20-7-4-5-8-21(20)31-2;/h4-9,16,19H,3,10-15,17-18H2,1-2H3,(H,25,26);1H. The van der Waals surface area contributed by atoms with Crippen molar-refractivity contribution in [2.24, 2.45) is 10.9 Å². The van der Waals surface area contributed by atoms with E-state index in [0.29, 0.717) is 24.8 Å². The number of carbonyl (C=O) groups is 1. The SMILES string of the molecule is CCNC(=NCC1CCN(c2ccccc2OC)C1)N1CCN(C(=O)c2ccco2)CC1.I. The van der Waals surface area contributed by atoms with Gasteiger partial charge in [0.05, 0.1) is 19.1 Å². The number of ether oxygens (including phenoxy) is 1. The van der Waals surface area contributed by atoms with Gasteiger partial charge in [0.1, 0.15) is 5.75 Å². The Morgan fingerprint density at radius 3 is 2.58 bits per heavy atom. The van der Waals surface area contributed by atoms with Gasteiger partial charge >= 0.3 is 0 Å². The zero-order chi connectivity index (χ0) is 22.3. The van der Waals surface area contributed by atoms with Gasteiger partial charge in [-0.2, -0.15) is 0 Å². The molecule has 1 N–H and O–H groups in total. The Bertz CT molecular complexity index is 913. The second-order valence-electron chi connectivity index (χ2n) is 8.22. The second-order valence-corrected chi connectivity index (χ2v) is 8.22. The van der Waals surface area contributed by atoms with Crippen LogP contribution in [0.25, 0.3) is 0 Å². The number of hydrogen-bond acceptors (Lipinski definition) is 5. The Kier molecular flexibility index (Phi) is 9.28. The summed E-state index contributed by atoms with van der Waals surface area (Å²) in [7, 11) is 1.72. The number of amides is 1. The molecule has 2 aliphatic rings.